The second-order valence-electron chi connectivity index (χ2n) is 4.42. The maximum atomic E-state index is 11.6. The molecule has 0 saturated carbocycles. The third-order valence-electron chi connectivity index (χ3n) is 2.63. The van der Waals surface area contributed by atoms with Crippen LogP contribution in [0.15, 0.2) is 0 Å². The van der Waals surface area contributed by atoms with E-state index >= 15 is 0 Å². The number of carbonyl (C=O) groups excluding carboxylic acids is 1. The topological polar surface area (TPSA) is 72.5 Å². The van der Waals surface area contributed by atoms with Crippen molar-refractivity contribution >= 4 is 5.97 Å². The van der Waals surface area contributed by atoms with Gasteiger partial charge in [-0.1, -0.05) is 13.8 Å². The van der Waals surface area contributed by atoms with Gasteiger partial charge in [0.15, 0.2) is 0 Å². The van der Waals surface area contributed by atoms with E-state index in [-0.39, 0.29) is 25.1 Å². The quantitative estimate of drug-likeness (QED) is 0.639. The van der Waals surface area contributed by atoms with E-state index in [1.807, 2.05) is 27.7 Å². The summed E-state index contributed by atoms with van der Waals surface area (Å²) in [4.78, 5) is 11.6. The van der Waals surface area contributed by atoms with Gasteiger partial charge in [0.2, 0.25) is 0 Å². The van der Waals surface area contributed by atoms with E-state index in [0.29, 0.717) is 0 Å². The number of ether oxygens (including phenoxy) is 1. The number of aliphatic hydroxyl groups is 1. The zero-order valence-corrected chi connectivity index (χ0v) is 9.41. The minimum Gasteiger partial charge on any atom is -0.464 e. The lowest BCUT2D eigenvalue weighted by molar-refractivity contribution is -0.157. The molecular weight excluding hydrogens is 182 g/mol. The summed E-state index contributed by atoms with van der Waals surface area (Å²) in [6, 6.07) is -0.484. The predicted molar refractivity (Wildman–Crippen MR) is 54.6 cm³/mol. The Morgan fingerprint density at radius 2 is 2.00 bits per heavy atom. The van der Waals surface area contributed by atoms with Crippen LogP contribution in [0, 0.1) is 11.3 Å². The van der Waals surface area contributed by atoms with Crippen LogP contribution in [0.25, 0.3) is 0 Å². The molecule has 0 aliphatic heterocycles. The summed E-state index contributed by atoms with van der Waals surface area (Å²) in [6.45, 7) is 7.51. The molecular formula is C10H21NO3. The van der Waals surface area contributed by atoms with Crippen LogP contribution in [-0.4, -0.2) is 30.3 Å². The van der Waals surface area contributed by atoms with Crippen molar-refractivity contribution in [2.24, 2.45) is 17.1 Å². The molecule has 0 radical (unpaired) electrons. The van der Waals surface area contributed by atoms with Crippen LogP contribution in [0.1, 0.15) is 27.7 Å². The zero-order chi connectivity index (χ0) is 11.4. The second-order valence-corrected chi connectivity index (χ2v) is 4.42. The average Bonchev–Trinajstić information content (AvgIpc) is 2.12. The predicted octanol–water partition coefficient (Wildman–Crippen LogP) is 0.531. The molecule has 84 valence electrons. The Hall–Kier alpha value is -0.610. The molecule has 0 aromatic carbocycles. The third-order valence-corrected chi connectivity index (χ3v) is 2.63. The molecule has 4 nitrogen and oxygen atoms in total. The van der Waals surface area contributed by atoms with Crippen LogP contribution in [0.3, 0.4) is 0 Å². The molecule has 4 heteroatoms. The molecule has 0 aliphatic rings. The maximum absolute atomic E-state index is 11.6. The van der Waals surface area contributed by atoms with Crippen molar-refractivity contribution in [3.05, 3.63) is 0 Å². The summed E-state index contributed by atoms with van der Waals surface area (Å²) in [5, 5.41) is 8.64. The summed E-state index contributed by atoms with van der Waals surface area (Å²) >= 11 is 0. The first-order chi connectivity index (χ1) is 6.32. The minimum atomic E-state index is -0.505. The fraction of sp³-hybridized carbons (Fsp3) is 0.900. The van der Waals surface area contributed by atoms with Crippen LogP contribution in [-0.2, 0) is 9.53 Å². The maximum Gasteiger partial charge on any atom is 0.311 e. The van der Waals surface area contributed by atoms with Gasteiger partial charge in [0.05, 0.1) is 18.1 Å². The highest BCUT2D eigenvalue weighted by Gasteiger charge is 2.32. The van der Waals surface area contributed by atoms with E-state index in [4.69, 9.17) is 15.6 Å². The number of esters is 1. The van der Waals surface area contributed by atoms with Crippen molar-refractivity contribution in [3.8, 4) is 0 Å². The largest absolute Gasteiger partial charge is 0.464 e. The Labute approximate surface area is 85.4 Å². The van der Waals surface area contributed by atoms with Gasteiger partial charge in [0.1, 0.15) is 6.61 Å². The molecule has 1 atom stereocenters. The van der Waals surface area contributed by atoms with Crippen LogP contribution in [0.2, 0.25) is 0 Å². The van der Waals surface area contributed by atoms with E-state index in [0.717, 1.165) is 0 Å². The van der Waals surface area contributed by atoms with E-state index in [9.17, 15) is 4.79 Å². The smallest absolute Gasteiger partial charge is 0.311 e. The molecule has 0 amide bonds. The Morgan fingerprint density at radius 3 is 2.36 bits per heavy atom. The lowest BCUT2D eigenvalue weighted by Gasteiger charge is -2.27. The summed E-state index contributed by atoms with van der Waals surface area (Å²) in [7, 11) is 0. The molecule has 0 aromatic rings. The van der Waals surface area contributed by atoms with Crippen molar-refractivity contribution in [1.82, 2.24) is 0 Å². The van der Waals surface area contributed by atoms with E-state index in [1.54, 1.807) is 0 Å². The number of hydrogen-bond donors (Lipinski definition) is 2. The monoisotopic (exact) mass is 203 g/mol. The van der Waals surface area contributed by atoms with Crippen molar-refractivity contribution < 1.29 is 14.6 Å². The van der Waals surface area contributed by atoms with Gasteiger partial charge in [-0.2, -0.15) is 0 Å². The second kappa shape index (κ2) is 5.32. The Morgan fingerprint density at radius 1 is 1.50 bits per heavy atom. The van der Waals surface area contributed by atoms with Gasteiger partial charge in [-0.3, -0.25) is 4.79 Å². The summed E-state index contributed by atoms with van der Waals surface area (Å²) in [6.07, 6.45) is 0. The van der Waals surface area contributed by atoms with Crippen LogP contribution in [0.5, 0.6) is 0 Å². The normalized spacial score (nSPS) is 14.2. The zero-order valence-electron chi connectivity index (χ0n) is 9.41. The summed E-state index contributed by atoms with van der Waals surface area (Å²) in [5.74, 6) is -0.0586. The standard InChI is InChI=1S/C10H21NO3/c1-7(2)10(3,4)9(13)14-6-8(11)5-12/h7-8,12H,5-6,11H2,1-4H3. The summed E-state index contributed by atoms with van der Waals surface area (Å²) < 4.78 is 5.00. The minimum absolute atomic E-state index is 0.0749. The summed E-state index contributed by atoms with van der Waals surface area (Å²) in [5.41, 5.74) is 4.91. The Balaban J connectivity index is 4.08. The molecule has 0 fully saturated rings. The molecule has 0 bridgehead atoms. The van der Waals surface area contributed by atoms with Crippen molar-refractivity contribution in [3.63, 3.8) is 0 Å². The van der Waals surface area contributed by atoms with E-state index in [1.165, 1.54) is 0 Å². The number of aliphatic hydroxyl groups excluding tert-OH is 1. The molecule has 0 aromatic heterocycles. The number of rotatable bonds is 5. The van der Waals surface area contributed by atoms with Crippen LogP contribution >= 0.6 is 0 Å². The van der Waals surface area contributed by atoms with Crippen molar-refractivity contribution in [2.75, 3.05) is 13.2 Å². The molecule has 0 heterocycles. The number of nitrogens with two attached hydrogens (primary N) is 1. The fourth-order valence-corrected chi connectivity index (χ4v) is 0.657. The Bertz CT molecular complexity index is 190. The van der Waals surface area contributed by atoms with Gasteiger partial charge in [0, 0.05) is 0 Å². The number of hydrogen-bond acceptors (Lipinski definition) is 4. The van der Waals surface area contributed by atoms with Gasteiger partial charge in [-0.15, -0.1) is 0 Å². The lowest BCUT2D eigenvalue weighted by atomic mass is 9.81. The molecule has 14 heavy (non-hydrogen) atoms. The molecule has 3 N–H and O–H groups in total. The van der Waals surface area contributed by atoms with Gasteiger partial charge < -0.3 is 15.6 Å². The third kappa shape index (κ3) is 3.64. The van der Waals surface area contributed by atoms with Crippen molar-refractivity contribution in [2.45, 2.75) is 33.7 Å². The van der Waals surface area contributed by atoms with E-state index in [2.05, 4.69) is 0 Å². The highest BCUT2D eigenvalue weighted by atomic mass is 16.5. The van der Waals surface area contributed by atoms with Gasteiger partial charge in [-0.25, -0.2) is 0 Å². The molecule has 0 aliphatic carbocycles. The number of carbonyl (C=O) groups is 1. The first kappa shape index (κ1) is 13.4. The van der Waals surface area contributed by atoms with E-state index < -0.39 is 11.5 Å². The SMILES string of the molecule is CC(C)C(C)(C)C(=O)OCC(N)CO. The van der Waals surface area contributed by atoms with Crippen LogP contribution < -0.4 is 5.73 Å². The molecule has 1 unspecified atom stereocenters. The molecule has 0 rings (SSSR count). The van der Waals surface area contributed by atoms with Gasteiger partial charge in [0.25, 0.3) is 0 Å². The Kier molecular flexibility index (Phi) is 5.08. The highest BCUT2D eigenvalue weighted by molar-refractivity contribution is 5.76. The van der Waals surface area contributed by atoms with Crippen molar-refractivity contribution in [1.29, 1.82) is 0 Å². The lowest BCUT2D eigenvalue weighted by Crippen LogP contribution is -2.37. The highest BCUT2D eigenvalue weighted by Crippen LogP contribution is 2.27. The average molecular weight is 203 g/mol. The first-order valence-corrected chi connectivity index (χ1v) is 4.86. The fourth-order valence-electron chi connectivity index (χ4n) is 0.657. The van der Waals surface area contributed by atoms with Gasteiger partial charge in [-0.05, 0) is 19.8 Å². The molecule has 0 saturated heterocycles. The van der Waals surface area contributed by atoms with Gasteiger partial charge >= 0.3 is 5.97 Å². The van der Waals surface area contributed by atoms with Crippen LogP contribution in [0.4, 0.5) is 0 Å². The molecule has 0 spiro atoms. The first-order valence-electron chi connectivity index (χ1n) is 4.86.